The summed E-state index contributed by atoms with van der Waals surface area (Å²) in [5, 5.41) is 3.07. The van der Waals surface area contributed by atoms with Crippen LogP contribution < -0.4 is 11.1 Å². The number of imide groups is 1. The first-order valence-electron chi connectivity index (χ1n) is 18.9. The summed E-state index contributed by atoms with van der Waals surface area (Å²) in [7, 11) is 0. The fourth-order valence-corrected chi connectivity index (χ4v) is 5.82. The third-order valence-corrected chi connectivity index (χ3v) is 8.65. The van der Waals surface area contributed by atoms with Crippen LogP contribution in [0.25, 0.3) is 0 Å². The lowest BCUT2D eigenvalue weighted by Gasteiger charge is -2.30. The molecular weight excluding hydrogens is 534 g/mol. The number of hydrogen-bond acceptors (Lipinski definition) is 4. The summed E-state index contributed by atoms with van der Waals surface area (Å²) in [5.74, 6) is -0.555. The van der Waals surface area contributed by atoms with Crippen LogP contribution >= 0.6 is 0 Å². The van der Waals surface area contributed by atoms with Gasteiger partial charge in [-0.15, -0.1) is 0 Å². The zero-order valence-corrected chi connectivity index (χ0v) is 29.0. The Balaban J connectivity index is 4.95. The maximum Gasteiger partial charge on any atom is 0.243 e. The molecule has 0 fully saturated rings. The topological polar surface area (TPSA) is 92.5 Å². The number of carbonyl (C=O) groups is 3. The largest absolute Gasteiger partial charge is 0.354 e. The fourth-order valence-electron chi connectivity index (χ4n) is 5.82. The zero-order chi connectivity index (χ0) is 31.8. The molecule has 0 bridgehead atoms. The van der Waals surface area contributed by atoms with E-state index in [1.54, 1.807) is 0 Å². The number of hydrogen-bond donors (Lipinski definition) is 2. The molecule has 0 heterocycles. The molecule has 0 radical (unpaired) electrons. The van der Waals surface area contributed by atoms with E-state index in [2.05, 4.69) is 26.1 Å². The molecule has 3 amide bonds. The molecule has 0 aromatic heterocycles. The van der Waals surface area contributed by atoms with Gasteiger partial charge in [-0.2, -0.15) is 0 Å². The predicted molar refractivity (Wildman–Crippen MR) is 184 cm³/mol. The van der Waals surface area contributed by atoms with Crippen molar-refractivity contribution < 1.29 is 14.4 Å². The molecule has 254 valence electrons. The molecule has 0 spiro atoms. The van der Waals surface area contributed by atoms with Crippen LogP contribution in [0.2, 0.25) is 0 Å². The molecule has 1 unspecified atom stereocenters. The maximum atomic E-state index is 13.5. The highest BCUT2D eigenvalue weighted by Crippen LogP contribution is 2.18. The minimum atomic E-state index is -0.749. The van der Waals surface area contributed by atoms with Gasteiger partial charge in [-0.1, -0.05) is 156 Å². The molecule has 6 heteroatoms. The molecule has 0 aromatic carbocycles. The van der Waals surface area contributed by atoms with Gasteiger partial charge in [0.1, 0.15) is 6.04 Å². The lowest BCUT2D eigenvalue weighted by molar-refractivity contribution is -0.152. The Bertz CT molecular complexity index is 625. The summed E-state index contributed by atoms with van der Waals surface area (Å²) in [4.78, 5) is 41.7. The summed E-state index contributed by atoms with van der Waals surface area (Å²) in [6.07, 6.45) is 29.8. The molecule has 0 aliphatic rings. The van der Waals surface area contributed by atoms with Crippen LogP contribution in [-0.4, -0.2) is 41.8 Å². The Kier molecular flexibility index (Phi) is 30.9. The highest BCUT2D eigenvalue weighted by atomic mass is 16.2. The summed E-state index contributed by atoms with van der Waals surface area (Å²) in [6.45, 7) is 7.71. The smallest absolute Gasteiger partial charge is 0.243 e. The van der Waals surface area contributed by atoms with Crippen molar-refractivity contribution in [2.24, 2.45) is 5.73 Å². The van der Waals surface area contributed by atoms with Crippen LogP contribution in [0, 0.1) is 0 Å². The third kappa shape index (κ3) is 24.6. The summed E-state index contributed by atoms with van der Waals surface area (Å²) in [6, 6.07) is -0.749. The predicted octanol–water partition coefficient (Wildman–Crippen LogP) is 9.77. The van der Waals surface area contributed by atoms with Crippen molar-refractivity contribution >= 4 is 17.7 Å². The normalized spacial score (nSPS) is 11.9. The van der Waals surface area contributed by atoms with Crippen LogP contribution in [-0.2, 0) is 14.4 Å². The van der Waals surface area contributed by atoms with E-state index < -0.39 is 6.04 Å². The number of unbranched alkanes of at least 4 members (excludes halogenated alkanes) is 21. The van der Waals surface area contributed by atoms with Gasteiger partial charge in [0.05, 0.1) is 0 Å². The monoisotopic (exact) mass is 608 g/mol. The number of carbonyl (C=O) groups excluding carboxylic acids is 3. The molecular formula is C37H73N3O3. The first-order chi connectivity index (χ1) is 21.0. The molecule has 6 nitrogen and oxygen atoms in total. The molecule has 0 aliphatic carbocycles. The Hall–Kier alpha value is -1.43. The number of rotatable bonds is 32. The maximum absolute atomic E-state index is 13.5. The SMILES string of the molecule is CCCCCCCCCCCCNC(=O)C(CCCN)N(C(=O)CCCCCCCCC)C(=O)CCCCCCCCC. The molecule has 0 rings (SSSR count). The van der Waals surface area contributed by atoms with E-state index in [1.165, 1.54) is 108 Å². The lowest BCUT2D eigenvalue weighted by Crippen LogP contribution is -2.52. The van der Waals surface area contributed by atoms with Gasteiger partial charge in [0.25, 0.3) is 0 Å². The van der Waals surface area contributed by atoms with Crippen molar-refractivity contribution in [3.05, 3.63) is 0 Å². The minimum absolute atomic E-state index is 0.183. The lowest BCUT2D eigenvalue weighted by atomic mass is 10.0. The second-order valence-corrected chi connectivity index (χ2v) is 12.8. The van der Waals surface area contributed by atoms with E-state index in [4.69, 9.17) is 5.73 Å². The average molecular weight is 608 g/mol. The number of nitrogens with two attached hydrogens (primary N) is 1. The Labute approximate surface area is 267 Å². The molecule has 0 saturated heterocycles. The van der Waals surface area contributed by atoms with Crippen molar-refractivity contribution in [3.8, 4) is 0 Å². The van der Waals surface area contributed by atoms with Gasteiger partial charge in [-0.25, -0.2) is 0 Å². The summed E-state index contributed by atoms with van der Waals surface area (Å²) >= 11 is 0. The van der Waals surface area contributed by atoms with E-state index >= 15 is 0 Å². The van der Waals surface area contributed by atoms with Gasteiger partial charge in [0.15, 0.2) is 0 Å². The first-order valence-corrected chi connectivity index (χ1v) is 18.9. The van der Waals surface area contributed by atoms with Crippen molar-refractivity contribution in [2.75, 3.05) is 13.1 Å². The van der Waals surface area contributed by atoms with E-state index in [9.17, 15) is 14.4 Å². The van der Waals surface area contributed by atoms with Gasteiger partial charge < -0.3 is 11.1 Å². The molecule has 0 aromatic rings. The van der Waals surface area contributed by atoms with Crippen LogP contribution in [0.15, 0.2) is 0 Å². The van der Waals surface area contributed by atoms with E-state index in [0.717, 1.165) is 51.4 Å². The van der Waals surface area contributed by atoms with Gasteiger partial charge >= 0.3 is 0 Å². The Morgan fingerprint density at radius 2 is 0.860 bits per heavy atom. The standard InChI is InChI=1S/C37H73N3O3/c1-4-7-10-13-16-17-18-21-24-27-33-39-37(43)34(29-28-32-38)40(35(41)30-25-22-19-14-11-8-5-2)36(42)31-26-23-20-15-12-9-6-3/h34H,4-33,38H2,1-3H3,(H,39,43). The minimum Gasteiger partial charge on any atom is -0.354 e. The van der Waals surface area contributed by atoms with Crippen molar-refractivity contribution in [1.82, 2.24) is 10.2 Å². The zero-order valence-electron chi connectivity index (χ0n) is 29.0. The molecule has 3 N–H and O–H groups in total. The number of nitrogens with zero attached hydrogens (tertiary/aromatic N) is 1. The second-order valence-electron chi connectivity index (χ2n) is 12.8. The molecule has 43 heavy (non-hydrogen) atoms. The third-order valence-electron chi connectivity index (χ3n) is 8.65. The van der Waals surface area contributed by atoms with E-state index in [0.29, 0.717) is 38.8 Å². The van der Waals surface area contributed by atoms with Crippen molar-refractivity contribution in [3.63, 3.8) is 0 Å². The van der Waals surface area contributed by atoms with Crippen LogP contribution in [0.4, 0.5) is 0 Å². The number of nitrogens with one attached hydrogen (secondary N) is 1. The summed E-state index contributed by atoms with van der Waals surface area (Å²) < 4.78 is 0. The highest BCUT2D eigenvalue weighted by molar-refractivity contribution is 6.00. The molecule has 1 atom stereocenters. The van der Waals surface area contributed by atoms with Crippen LogP contribution in [0.5, 0.6) is 0 Å². The van der Waals surface area contributed by atoms with Crippen LogP contribution in [0.1, 0.15) is 201 Å². The number of amides is 3. The second kappa shape index (κ2) is 32.0. The Morgan fingerprint density at radius 1 is 0.512 bits per heavy atom. The van der Waals surface area contributed by atoms with Gasteiger partial charge in [-0.3, -0.25) is 19.3 Å². The highest BCUT2D eigenvalue weighted by Gasteiger charge is 2.33. The fraction of sp³-hybridized carbons (Fsp3) is 0.919. The van der Waals surface area contributed by atoms with Gasteiger partial charge in [0, 0.05) is 19.4 Å². The van der Waals surface area contributed by atoms with Gasteiger partial charge in [0.2, 0.25) is 17.7 Å². The van der Waals surface area contributed by atoms with Crippen LogP contribution in [0.3, 0.4) is 0 Å². The van der Waals surface area contributed by atoms with Gasteiger partial charge in [-0.05, 0) is 38.6 Å². The quantitative estimate of drug-likeness (QED) is 0.0745. The van der Waals surface area contributed by atoms with Crippen molar-refractivity contribution in [1.29, 1.82) is 0 Å². The Morgan fingerprint density at radius 3 is 1.23 bits per heavy atom. The summed E-state index contributed by atoms with van der Waals surface area (Å²) in [5.41, 5.74) is 5.82. The van der Waals surface area contributed by atoms with Crippen molar-refractivity contribution in [2.45, 2.75) is 207 Å². The molecule has 0 saturated carbocycles. The molecule has 0 aliphatic heterocycles. The first kappa shape index (κ1) is 41.6. The van der Waals surface area contributed by atoms with E-state index in [-0.39, 0.29) is 17.7 Å². The van der Waals surface area contributed by atoms with E-state index in [1.807, 2.05) is 0 Å². The average Bonchev–Trinajstić information content (AvgIpc) is 3.00.